The van der Waals surface area contributed by atoms with E-state index in [4.69, 9.17) is 9.47 Å². The summed E-state index contributed by atoms with van der Waals surface area (Å²) in [5.74, 6) is -0.200. The minimum atomic E-state index is -4.81. The molecule has 2 aromatic rings. The summed E-state index contributed by atoms with van der Waals surface area (Å²) in [6.45, 7) is 0. The summed E-state index contributed by atoms with van der Waals surface area (Å²) >= 11 is 3.35. The molecule has 2 heterocycles. The van der Waals surface area contributed by atoms with Crippen molar-refractivity contribution in [2.75, 3.05) is 4.90 Å². The average Bonchev–Trinajstić information content (AvgIpc) is 3.29. The van der Waals surface area contributed by atoms with Crippen LogP contribution in [0.3, 0.4) is 0 Å². The fraction of sp³-hybridized carbons (Fsp3) is 0.143. The third-order valence-corrected chi connectivity index (χ3v) is 4.91. The average molecular weight is 510 g/mol. The molecule has 32 heavy (non-hydrogen) atoms. The number of ether oxygens (including phenoxy) is 3. The number of carbonyl (C=O) groups excluding carboxylic acids is 1. The van der Waals surface area contributed by atoms with E-state index in [1.165, 1.54) is 35.8 Å². The fourth-order valence-corrected chi connectivity index (χ4v) is 3.26. The van der Waals surface area contributed by atoms with E-state index >= 15 is 0 Å². The van der Waals surface area contributed by atoms with Gasteiger partial charge >= 0.3 is 12.4 Å². The van der Waals surface area contributed by atoms with E-state index in [9.17, 15) is 18.0 Å². The van der Waals surface area contributed by atoms with Gasteiger partial charge in [-0.2, -0.15) is 5.01 Å². The molecule has 11 heteroatoms. The Morgan fingerprint density at radius 3 is 2.47 bits per heavy atom. The predicted octanol–water partition coefficient (Wildman–Crippen LogP) is 5.70. The number of amides is 2. The van der Waals surface area contributed by atoms with E-state index in [2.05, 4.69) is 25.8 Å². The largest absolute Gasteiger partial charge is 0.573 e. The third kappa shape index (κ3) is 5.05. The van der Waals surface area contributed by atoms with Gasteiger partial charge in [-0.25, -0.2) is 4.79 Å². The molecule has 1 atom stereocenters. The maximum absolute atomic E-state index is 13.3. The van der Waals surface area contributed by atoms with Gasteiger partial charge in [-0.05, 0) is 54.6 Å². The highest BCUT2D eigenvalue weighted by Gasteiger charge is 2.33. The number of rotatable bonds is 4. The molecule has 0 aliphatic carbocycles. The summed E-state index contributed by atoms with van der Waals surface area (Å²) in [5, 5.41) is 5.32. The van der Waals surface area contributed by atoms with Crippen molar-refractivity contribution in [1.29, 1.82) is 0 Å². The molecule has 4 rings (SSSR count). The van der Waals surface area contributed by atoms with E-state index < -0.39 is 24.4 Å². The second kappa shape index (κ2) is 8.95. The normalized spacial score (nSPS) is 17.4. The van der Waals surface area contributed by atoms with Crippen LogP contribution in [0.4, 0.5) is 23.7 Å². The number of benzene rings is 2. The predicted molar refractivity (Wildman–Crippen MR) is 112 cm³/mol. The Balaban J connectivity index is 1.60. The van der Waals surface area contributed by atoms with Crippen molar-refractivity contribution in [2.24, 2.45) is 5.10 Å². The first-order valence-corrected chi connectivity index (χ1v) is 10.1. The Bertz CT molecular complexity index is 1060. The summed E-state index contributed by atoms with van der Waals surface area (Å²) in [6.07, 6.45) is 0.723. The van der Waals surface area contributed by atoms with Crippen molar-refractivity contribution < 1.29 is 32.2 Å². The number of hydrazone groups is 1. The van der Waals surface area contributed by atoms with E-state index in [1.54, 1.807) is 30.3 Å². The van der Waals surface area contributed by atoms with Gasteiger partial charge in [0.15, 0.2) is 6.23 Å². The zero-order valence-corrected chi connectivity index (χ0v) is 17.8. The van der Waals surface area contributed by atoms with Crippen molar-refractivity contribution >= 4 is 33.5 Å². The van der Waals surface area contributed by atoms with Crippen molar-refractivity contribution in [2.45, 2.75) is 19.0 Å². The summed E-state index contributed by atoms with van der Waals surface area (Å²) in [4.78, 5) is 14.6. The van der Waals surface area contributed by atoms with Gasteiger partial charge < -0.3 is 14.2 Å². The molecule has 0 radical (unpaired) electrons. The van der Waals surface area contributed by atoms with Crippen molar-refractivity contribution in [3.8, 4) is 5.75 Å². The molecule has 2 aliphatic heterocycles. The number of urea groups is 1. The number of hydrogen-bond donors (Lipinski definition) is 0. The van der Waals surface area contributed by atoms with E-state index in [0.717, 1.165) is 21.6 Å². The molecular weight excluding hydrogens is 495 g/mol. The van der Waals surface area contributed by atoms with Gasteiger partial charge in [0.05, 0.1) is 12.5 Å². The lowest BCUT2D eigenvalue weighted by Gasteiger charge is -2.31. The van der Waals surface area contributed by atoms with Crippen LogP contribution in [0.2, 0.25) is 0 Å². The number of hydrogen-bond acceptors (Lipinski definition) is 5. The first-order valence-electron chi connectivity index (χ1n) is 9.27. The van der Waals surface area contributed by atoms with Crippen molar-refractivity contribution in [3.05, 3.63) is 83.4 Å². The lowest BCUT2D eigenvalue weighted by atomic mass is 10.2. The Labute approximate surface area is 189 Å². The van der Waals surface area contributed by atoms with Crippen LogP contribution in [0.1, 0.15) is 12.0 Å². The second-order valence-electron chi connectivity index (χ2n) is 6.55. The van der Waals surface area contributed by atoms with Crippen LogP contribution in [0.15, 0.2) is 82.9 Å². The maximum Gasteiger partial charge on any atom is 0.573 e. The summed E-state index contributed by atoms with van der Waals surface area (Å²) in [7, 11) is 0. The third-order valence-electron chi connectivity index (χ3n) is 4.38. The highest BCUT2D eigenvalue weighted by Crippen LogP contribution is 2.29. The molecule has 0 saturated heterocycles. The smallest absolute Gasteiger partial charge is 0.478 e. The molecule has 2 aliphatic rings. The standard InChI is InChI=1S/C21H15BrF3N3O4/c22-15-5-3-14(4-6-15)19-26-27(11-13-31-19)20(29)28(18-2-1-12-30-18)16-7-9-17(10-8-16)32-21(23,24)25/h1,3-13,18H,2H2. The number of alkyl halides is 3. The molecule has 0 N–H and O–H groups in total. The summed E-state index contributed by atoms with van der Waals surface area (Å²) in [6, 6.07) is 11.5. The zero-order valence-electron chi connectivity index (χ0n) is 16.2. The number of nitrogens with zero attached hydrogens (tertiary/aromatic N) is 3. The summed E-state index contributed by atoms with van der Waals surface area (Å²) in [5.41, 5.74) is 0.952. The van der Waals surface area contributed by atoms with Gasteiger partial charge in [0.1, 0.15) is 12.0 Å². The van der Waals surface area contributed by atoms with Crippen LogP contribution >= 0.6 is 15.9 Å². The lowest BCUT2D eigenvalue weighted by molar-refractivity contribution is -0.274. The molecule has 0 saturated carbocycles. The lowest BCUT2D eigenvalue weighted by Crippen LogP contribution is -2.46. The van der Waals surface area contributed by atoms with Gasteiger partial charge in [0, 0.05) is 22.1 Å². The van der Waals surface area contributed by atoms with Crippen LogP contribution in [0.5, 0.6) is 5.75 Å². The van der Waals surface area contributed by atoms with Crippen LogP contribution < -0.4 is 9.64 Å². The Morgan fingerprint density at radius 1 is 1.12 bits per heavy atom. The van der Waals surface area contributed by atoms with Crippen molar-refractivity contribution in [1.82, 2.24) is 5.01 Å². The minimum Gasteiger partial charge on any atom is -0.478 e. The first kappa shape index (κ1) is 21.8. The number of halogens is 4. The maximum atomic E-state index is 13.3. The van der Waals surface area contributed by atoms with Crippen LogP contribution in [0.25, 0.3) is 0 Å². The highest BCUT2D eigenvalue weighted by molar-refractivity contribution is 9.10. The SMILES string of the molecule is O=C(N1C=COC(c2ccc(Br)cc2)=N1)N(c1ccc(OC(F)(F)F)cc1)C1CC=CO1. The molecule has 1 unspecified atom stereocenters. The molecular formula is C21H15BrF3N3O4. The van der Waals surface area contributed by atoms with Gasteiger partial charge in [-0.3, -0.25) is 4.90 Å². The first-order chi connectivity index (χ1) is 15.3. The molecule has 7 nitrogen and oxygen atoms in total. The molecule has 0 fully saturated rings. The van der Waals surface area contributed by atoms with Crippen LogP contribution in [-0.2, 0) is 9.47 Å². The van der Waals surface area contributed by atoms with Gasteiger partial charge in [-0.15, -0.1) is 18.3 Å². The Kier molecular flexibility index (Phi) is 6.08. The molecule has 0 bridgehead atoms. The number of anilines is 1. The van der Waals surface area contributed by atoms with Crippen LogP contribution in [-0.4, -0.2) is 29.5 Å². The summed E-state index contributed by atoms with van der Waals surface area (Å²) < 4.78 is 53.1. The number of carbonyl (C=O) groups is 1. The molecule has 2 aromatic carbocycles. The van der Waals surface area contributed by atoms with Gasteiger partial charge in [-0.1, -0.05) is 15.9 Å². The molecule has 166 valence electrons. The van der Waals surface area contributed by atoms with E-state index in [0.29, 0.717) is 17.7 Å². The quantitative estimate of drug-likeness (QED) is 0.530. The van der Waals surface area contributed by atoms with Crippen LogP contribution in [0, 0.1) is 0 Å². The monoisotopic (exact) mass is 509 g/mol. The van der Waals surface area contributed by atoms with E-state index in [1.807, 2.05) is 0 Å². The topological polar surface area (TPSA) is 63.6 Å². The van der Waals surface area contributed by atoms with Gasteiger partial charge in [0.25, 0.3) is 0 Å². The molecule has 0 spiro atoms. The van der Waals surface area contributed by atoms with Gasteiger partial charge in [0.2, 0.25) is 5.90 Å². The Morgan fingerprint density at radius 2 is 1.84 bits per heavy atom. The van der Waals surface area contributed by atoms with Crippen molar-refractivity contribution in [3.63, 3.8) is 0 Å². The van der Waals surface area contributed by atoms with E-state index in [-0.39, 0.29) is 5.90 Å². The highest BCUT2D eigenvalue weighted by atomic mass is 79.9. The fourth-order valence-electron chi connectivity index (χ4n) is 2.99. The second-order valence-corrected chi connectivity index (χ2v) is 7.47. The zero-order chi connectivity index (χ0) is 22.7. The Hall–Kier alpha value is -3.47. The molecule has 0 aromatic heterocycles. The molecule has 2 amide bonds. The minimum absolute atomic E-state index is 0.202.